The number of aromatic amines is 1. The Morgan fingerprint density at radius 2 is 1.81 bits per heavy atom. The standard InChI is InChI=1S/C15H17N5S/c1-8(2)10-11-12(16)18-15(17)20-13(11)19-14(10)21-9-6-4-3-5-7-9/h3-8H,1-2H3,(H5,16,17,18,19,20). The fourth-order valence-electron chi connectivity index (χ4n) is 2.38. The summed E-state index contributed by atoms with van der Waals surface area (Å²) in [6.45, 7) is 4.26. The molecule has 0 aliphatic rings. The second-order valence-corrected chi connectivity index (χ2v) is 6.21. The highest BCUT2D eigenvalue weighted by Gasteiger charge is 2.19. The first-order valence-electron chi connectivity index (χ1n) is 6.73. The van der Waals surface area contributed by atoms with E-state index in [0.717, 1.165) is 20.9 Å². The van der Waals surface area contributed by atoms with E-state index in [0.29, 0.717) is 17.4 Å². The van der Waals surface area contributed by atoms with E-state index >= 15 is 0 Å². The molecule has 5 N–H and O–H groups in total. The largest absolute Gasteiger partial charge is 0.383 e. The van der Waals surface area contributed by atoms with Crippen LogP contribution in [0.5, 0.6) is 0 Å². The van der Waals surface area contributed by atoms with E-state index in [-0.39, 0.29) is 5.95 Å². The number of rotatable bonds is 3. The number of nitrogens with one attached hydrogen (secondary N) is 1. The molecule has 0 bridgehead atoms. The van der Waals surface area contributed by atoms with Gasteiger partial charge in [0.15, 0.2) is 0 Å². The maximum Gasteiger partial charge on any atom is 0.223 e. The Balaban J connectivity index is 2.18. The topological polar surface area (TPSA) is 93.6 Å². The molecule has 0 unspecified atom stereocenters. The van der Waals surface area contributed by atoms with Crippen molar-refractivity contribution in [1.82, 2.24) is 15.0 Å². The van der Waals surface area contributed by atoms with Crippen molar-refractivity contribution in [2.75, 3.05) is 11.5 Å². The van der Waals surface area contributed by atoms with Crippen LogP contribution in [-0.2, 0) is 0 Å². The lowest BCUT2D eigenvalue weighted by Gasteiger charge is -2.08. The maximum absolute atomic E-state index is 6.04. The highest BCUT2D eigenvalue weighted by atomic mass is 32.2. The van der Waals surface area contributed by atoms with Gasteiger partial charge in [0.1, 0.15) is 11.5 Å². The molecule has 0 radical (unpaired) electrons. The average molecular weight is 299 g/mol. The lowest BCUT2D eigenvalue weighted by atomic mass is 10.0. The minimum absolute atomic E-state index is 0.188. The van der Waals surface area contributed by atoms with Gasteiger partial charge in [-0.25, -0.2) is 0 Å². The van der Waals surface area contributed by atoms with E-state index in [1.165, 1.54) is 0 Å². The summed E-state index contributed by atoms with van der Waals surface area (Å²) in [6.07, 6.45) is 0. The van der Waals surface area contributed by atoms with Gasteiger partial charge in [0, 0.05) is 4.90 Å². The smallest absolute Gasteiger partial charge is 0.223 e. The first kappa shape index (κ1) is 13.8. The second-order valence-electron chi connectivity index (χ2n) is 5.13. The fourth-order valence-corrected chi connectivity index (χ4v) is 3.50. The van der Waals surface area contributed by atoms with Crippen LogP contribution >= 0.6 is 11.8 Å². The van der Waals surface area contributed by atoms with Crippen molar-refractivity contribution in [2.24, 2.45) is 0 Å². The summed E-state index contributed by atoms with van der Waals surface area (Å²) in [6, 6.07) is 10.2. The number of benzene rings is 1. The van der Waals surface area contributed by atoms with Crippen LogP contribution < -0.4 is 11.5 Å². The van der Waals surface area contributed by atoms with E-state index in [2.05, 4.69) is 40.9 Å². The third-order valence-electron chi connectivity index (χ3n) is 3.24. The fraction of sp³-hybridized carbons (Fsp3) is 0.200. The van der Waals surface area contributed by atoms with Gasteiger partial charge in [-0.05, 0) is 23.6 Å². The van der Waals surface area contributed by atoms with E-state index in [4.69, 9.17) is 11.5 Å². The number of H-pyrrole nitrogens is 1. The van der Waals surface area contributed by atoms with Crippen LogP contribution in [0, 0.1) is 0 Å². The molecule has 0 atom stereocenters. The molecule has 6 heteroatoms. The molecule has 21 heavy (non-hydrogen) atoms. The van der Waals surface area contributed by atoms with Crippen LogP contribution in [-0.4, -0.2) is 15.0 Å². The van der Waals surface area contributed by atoms with Gasteiger partial charge in [0.2, 0.25) is 5.95 Å². The summed E-state index contributed by atoms with van der Waals surface area (Å²) in [7, 11) is 0. The SMILES string of the molecule is CC(C)c1c(Sc2ccccc2)[nH]c2nc(N)nc(N)c12. The first-order chi connectivity index (χ1) is 10.1. The quantitative estimate of drug-likeness (QED) is 0.689. The summed E-state index contributed by atoms with van der Waals surface area (Å²) in [5.41, 5.74) is 13.6. The van der Waals surface area contributed by atoms with Crippen LogP contribution in [0.2, 0.25) is 0 Å². The van der Waals surface area contributed by atoms with Crippen molar-refractivity contribution >= 4 is 34.6 Å². The number of anilines is 2. The third kappa shape index (κ3) is 2.54. The molecule has 0 aliphatic heterocycles. The van der Waals surface area contributed by atoms with Crippen LogP contribution in [0.4, 0.5) is 11.8 Å². The molecule has 1 aromatic carbocycles. The molecular weight excluding hydrogens is 282 g/mol. The number of aromatic nitrogens is 3. The van der Waals surface area contributed by atoms with E-state index in [9.17, 15) is 0 Å². The summed E-state index contributed by atoms with van der Waals surface area (Å²) < 4.78 is 0. The molecule has 0 saturated carbocycles. The zero-order valence-corrected chi connectivity index (χ0v) is 12.7. The minimum atomic E-state index is 0.188. The first-order valence-corrected chi connectivity index (χ1v) is 7.55. The van der Waals surface area contributed by atoms with Crippen LogP contribution in [0.1, 0.15) is 25.3 Å². The predicted molar refractivity (Wildman–Crippen MR) is 87.4 cm³/mol. The molecule has 5 nitrogen and oxygen atoms in total. The van der Waals surface area contributed by atoms with Crippen molar-refractivity contribution in [3.8, 4) is 0 Å². The van der Waals surface area contributed by atoms with Gasteiger partial charge in [-0.15, -0.1) is 0 Å². The molecule has 3 rings (SSSR count). The molecule has 0 amide bonds. The second kappa shape index (κ2) is 5.29. The number of fused-ring (bicyclic) bond motifs is 1. The van der Waals surface area contributed by atoms with E-state index in [1.54, 1.807) is 11.8 Å². The molecule has 2 heterocycles. The van der Waals surface area contributed by atoms with Crippen molar-refractivity contribution in [3.05, 3.63) is 35.9 Å². The zero-order chi connectivity index (χ0) is 15.0. The Labute approximate surface area is 127 Å². The van der Waals surface area contributed by atoms with E-state index < -0.39 is 0 Å². The summed E-state index contributed by atoms with van der Waals surface area (Å²) in [5.74, 6) is 0.921. The Morgan fingerprint density at radius 1 is 1.10 bits per heavy atom. The lowest BCUT2D eigenvalue weighted by molar-refractivity contribution is 0.845. The van der Waals surface area contributed by atoms with Crippen LogP contribution in [0.25, 0.3) is 11.0 Å². The molecule has 108 valence electrons. The number of hydrogen-bond acceptors (Lipinski definition) is 5. The van der Waals surface area contributed by atoms with Gasteiger partial charge >= 0.3 is 0 Å². The van der Waals surface area contributed by atoms with Crippen LogP contribution in [0.15, 0.2) is 40.3 Å². The molecular formula is C15H17N5S. The highest BCUT2D eigenvalue weighted by molar-refractivity contribution is 7.99. The number of hydrogen-bond donors (Lipinski definition) is 3. The summed E-state index contributed by atoms with van der Waals surface area (Å²) >= 11 is 1.66. The van der Waals surface area contributed by atoms with Crippen molar-refractivity contribution < 1.29 is 0 Å². The number of nitrogens with two attached hydrogens (primary N) is 2. The summed E-state index contributed by atoms with van der Waals surface area (Å²) in [4.78, 5) is 12.8. The zero-order valence-electron chi connectivity index (χ0n) is 11.9. The van der Waals surface area contributed by atoms with Crippen molar-refractivity contribution in [2.45, 2.75) is 29.7 Å². The molecule has 3 aromatic rings. The minimum Gasteiger partial charge on any atom is -0.383 e. The lowest BCUT2D eigenvalue weighted by Crippen LogP contribution is -2.01. The normalized spacial score (nSPS) is 11.4. The van der Waals surface area contributed by atoms with Gasteiger partial charge in [0.25, 0.3) is 0 Å². The van der Waals surface area contributed by atoms with Gasteiger partial charge in [-0.1, -0.05) is 43.8 Å². The molecule has 0 aliphatic carbocycles. The van der Waals surface area contributed by atoms with E-state index in [1.807, 2.05) is 18.2 Å². The van der Waals surface area contributed by atoms with Crippen molar-refractivity contribution in [3.63, 3.8) is 0 Å². The third-order valence-corrected chi connectivity index (χ3v) is 4.27. The molecule has 0 spiro atoms. The van der Waals surface area contributed by atoms with Gasteiger partial charge in [0.05, 0.1) is 10.4 Å². The average Bonchev–Trinajstić information content (AvgIpc) is 2.78. The Hall–Kier alpha value is -2.21. The number of nitrogens with zero attached hydrogens (tertiary/aromatic N) is 2. The number of nitrogen functional groups attached to an aromatic ring is 2. The maximum atomic E-state index is 6.04. The predicted octanol–water partition coefficient (Wildman–Crippen LogP) is 3.40. The Bertz CT molecular complexity index is 780. The van der Waals surface area contributed by atoms with Crippen molar-refractivity contribution in [1.29, 1.82) is 0 Å². The van der Waals surface area contributed by atoms with Gasteiger partial charge < -0.3 is 16.5 Å². The Kier molecular flexibility index (Phi) is 3.47. The molecule has 0 fully saturated rings. The highest BCUT2D eigenvalue weighted by Crippen LogP contribution is 2.39. The van der Waals surface area contributed by atoms with Gasteiger partial charge in [-0.2, -0.15) is 9.97 Å². The Morgan fingerprint density at radius 3 is 2.48 bits per heavy atom. The van der Waals surface area contributed by atoms with Crippen LogP contribution in [0.3, 0.4) is 0 Å². The summed E-state index contributed by atoms with van der Waals surface area (Å²) in [5, 5.41) is 1.91. The molecule has 2 aromatic heterocycles. The molecule has 0 saturated heterocycles. The monoisotopic (exact) mass is 299 g/mol. The van der Waals surface area contributed by atoms with Gasteiger partial charge in [-0.3, -0.25) is 0 Å².